The van der Waals surface area contributed by atoms with E-state index in [1.54, 1.807) is 31.2 Å². The quantitative estimate of drug-likeness (QED) is 0.487. The third kappa shape index (κ3) is 4.00. The van der Waals surface area contributed by atoms with Gasteiger partial charge < -0.3 is 0 Å². The summed E-state index contributed by atoms with van der Waals surface area (Å²) in [6, 6.07) is 25.9. The smallest absolute Gasteiger partial charge is 0.283 e. The first kappa shape index (κ1) is 17.9. The van der Waals surface area contributed by atoms with Crippen LogP contribution in [0.15, 0.2) is 94.2 Å². The zero-order valence-electron chi connectivity index (χ0n) is 14.7. The zero-order valence-corrected chi connectivity index (χ0v) is 15.5. The maximum Gasteiger partial charge on any atom is 0.283 e. The van der Waals surface area contributed by atoms with Crippen LogP contribution in [0.25, 0.3) is 0 Å². The summed E-state index contributed by atoms with van der Waals surface area (Å²) in [7, 11) is -3.79. The van der Waals surface area contributed by atoms with Gasteiger partial charge in [-0.25, -0.2) is 0 Å². The number of para-hydroxylation sites is 2. The number of rotatable bonds is 4. The van der Waals surface area contributed by atoms with Gasteiger partial charge in [0.05, 0.1) is 4.90 Å². The van der Waals surface area contributed by atoms with Crippen molar-refractivity contribution in [1.82, 2.24) is 0 Å². The van der Waals surface area contributed by atoms with Crippen molar-refractivity contribution in [2.75, 3.05) is 4.90 Å². The number of aryl methyl sites for hydroxylation is 1. The average Bonchev–Trinajstić information content (AvgIpc) is 2.63. The summed E-state index contributed by atoms with van der Waals surface area (Å²) >= 11 is 0. The van der Waals surface area contributed by atoms with Crippen LogP contribution in [0, 0.1) is 6.92 Å². The lowest BCUT2D eigenvalue weighted by atomic mass is 10.2. The minimum Gasteiger partial charge on any atom is -0.298 e. The third-order valence-electron chi connectivity index (χ3n) is 3.92. The molecule has 3 rings (SSSR count). The van der Waals surface area contributed by atoms with Crippen molar-refractivity contribution >= 4 is 27.2 Å². The van der Waals surface area contributed by atoms with Crippen LogP contribution < -0.4 is 4.90 Å². The number of anilines is 2. The number of sulfonamides is 1. The molecule has 0 aliphatic rings. The van der Waals surface area contributed by atoms with Crippen LogP contribution in [0.3, 0.4) is 0 Å². The van der Waals surface area contributed by atoms with Gasteiger partial charge in [0.15, 0.2) is 0 Å². The topological polar surface area (TPSA) is 49.7 Å². The Labute approximate surface area is 154 Å². The van der Waals surface area contributed by atoms with Gasteiger partial charge in [-0.05, 0) is 50.2 Å². The standard InChI is InChI=1S/C21H20N2O2S/c1-17-13-15-21(16-14-17)26(24,25)22-18(2)23(19-9-5-3-6-10-19)20-11-7-4-8-12-20/h3-16H,1-2H3/b22-18+. The zero-order chi connectivity index (χ0) is 18.6. The van der Waals surface area contributed by atoms with E-state index < -0.39 is 10.0 Å². The molecule has 0 radical (unpaired) electrons. The highest BCUT2D eigenvalue weighted by molar-refractivity contribution is 7.90. The van der Waals surface area contributed by atoms with Crippen LogP contribution in [0.1, 0.15) is 12.5 Å². The van der Waals surface area contributed by atoms with Crippen molar-refractivity contribution in [3.8, 4) is 0 Å². The third-order valence-corrected chi connectivity index (χ3v) is 5.30. The summed E-state index contributed by atoms with van der Waals surface area (Å²) in [6.45, 7) is 3.61. The first-order chi connectivity index (χ1) is 12.5. The molecule has 0 unspecified atom stereocenters. The highest BCUT2D eigenvalue weighted by atomic mass is 32.2. The molecule has 4 nitrogen and oxygen atoms in total. The molecular weight excluding hydrogens is 344 g/mol. The van der Waals surface area contributed by atoms with Crippen molar-refractivity contribution in [3.63, 3.8) is 0 Å². The number of benzene rings is 3. The second-order valence-electron chi connectivity index (χ2n) is 5.93. The van der Waals surface area contributed by atoms with E-state index in [4.69, 9.17) is 0 Å². The SMILES string of the molecule is C/C(=N\S(=O)(=O)c1ccc(C)cc1)N(c1ccccc1)c1ccccc1. The number of nitrogens with zero attached hydrogens (tertiary/aromatic N) is 2. The van der Waals surface area contributed by atoms with Crippen molar-refractivity contribution in [3.05, 3.63) is 90.5 Å². The summed E-state index contributed by atoms with van der Waals surface area (Å²) < 4.78 is 29.5. The van der Waals surface area contributed by atoms with Gasteiger partial charge >= 0.3 is 0 Å². The predicted molar refractivity (Wildman–Crippen MR) is 106 cm³/mol. The molecule has 0 amide bonds. The van der Waals surface area contributed by atoms with E-state index in [1.165, 1.54) is 0 Å². The van der Waals surface area contributed by atoms with Crippen LogP contribution in [0.5, 0.6) is 0 Å². The highest BCUT2D eigenvalue weighted by Gasteiger charge is 2.18. The fraction of sp³-hybridized carbons (Fsp3) is 0.0952. The lowest BCUT2D eigenvalue weighted by Crippen LogP contribution is -2.24. The lowest BCUT2D eigenvalue weighted by molar-refractivity contribution is 0.598. The molecule has 26 heavy (non-hydrogen) atoms. The van der Waals surface area contributed by atoms with Gasteiger partial charge in [0, 0.05) is 11.4 Å². The van der Waals surface area contributed by atoms with E-state index >= 15 is 0 Å². The van der Waals surface area contributed by atoms with Gasteiger partial charge in [0.2, 0.25) is 0 Å². The summed E-state index contributed by atoms with van der Waals surface area (Å²) in [5.41, 5.74) is 2.69. The molecule has 0 saturated carbocycles. The summed E-state index contributed by atoms with van der Waals surface area (Å²) in [5.74, 6) is 0.378. The molecule has 0 spiro atoms. The Hall–Kier alpha value is -2.92. The summed E-state index contributed by atoms with van der Waals surface area (Å²) in [6.07, 6.45) is 0. The second kappa shape index (κ2) is 7.54. The van der Waals surface area contributed by atoms with Gasteiger partial charge in [-0.1, -0.05) is 54.1 Å². The molecule has 5 heteroatoms. The Morgan fingerprint density at radius 1 is 0.769 bits per heavy atom. The van der Waals surface area contributed by atoms with Gasteiger partial charge in [-0.15, -0.1) is 4.40 Å². The molecule has 3 aromatic carbocycles. The molecular formula is C21H20N2O2S. The van der Waals surface area contributed by atoms with Gasteiger partial charge in [-0.3, -0.25) is 4.90 Å². The van der Waals surface area contributed by atoms with E-state index in [9.17, 15) is 8.42 Å². The molecule has 0 heterocycles. The fourth-order valence-electron chi connectivity index (χ4n) is 2.65. The van der Waals surface area contributed by atoms with E-state index in [1.807, 2.05) is 72.5 Å². The Morgan fingerprint density at radius 2 is 1.23 bits per heavy atom. The van der Waals surface area contributed by atoms with Crippen LogP contribution >= 0.6 is 0 Å². The molecule has 0 aromatic heterocycles. The van der Waals surface area contributed by atoms with Crippen LogP contribution in [0.4, 0.5) is 11.4 Å². The molecule has 0 atom stereocenters. The molecule has 0 saturated heterocycles. The molecule has 0 fully saturated rings. The van der Waals surface area contributed by atoms with E-state index in [0.717, 1.165) is 16.9 Å². The number of hydrogen-bond donors (Lipinski definition) is 0. The summed E-state index contributed by atoms with van der Waals surface area (Å²) in [5, 5.41) is 0. The molecule has 0 bridgehead atoms. The maximum atomic E-state index is 12.7. The Morgan fingerprint density at radius 3 is 1.69 bits per heavy atom. The van der Waals surface area contributed by atoms with Gasteiger partial charge in [0.25, 0.3) is 10.0 Å². The van der Waals surface area contributed by atoms with Crippen molar-refractivity contribution < 1.29 is 8.42 Å². The van der Waals surface area contributed by atoms with Crippen LogP contribution in [-0.2, 0) is 10.0 Å². The fourth-order valence-corrected chi connectivity index (χ4v) is 3.67. The Bertz CT molecular complexity index is 957. The molecule has 0 N–H and O–H groups in total. The lowest BCUT2D eigenvalue weighted by Gasteiger charge is -2.24. The number of amidine groups is 1. The van der Waals surface area contributed by atoms with E-state index in [0.29, 0.717) is 5.84 Å². The highest BCUT2D eigenvalue weighted by Crippen LogP contribution is 2.26. The minimum absolute atomic E-state index is 0.184. The normalized spacial score (nSPS) is 12.0. The Kier molecular flexibility index (Phi) is 5.19. The van der Waals surface area contributed by atoms with Gasteiger partial charge in [-0.2, -0.15) is 8.42 Å². The van der Waals surface area contributed by atoms with Crippen LogP contribution in [0.2, 0.25) is 0 Å². The average molecular weight is 364 g/mol. The number of hydrogen-bond acceptors (Lipinski definition) is 2. The van der Waals surface area contributed by atoms with Gasteiger partial charge in [0.1, 0.15) is 5.84 Å². The maximum absolute atomic E-state index is 12.7. The largest absolute Gasteiger partial charge is 0.298 e. The van der Waals surface area contributed by atoms with E-state index in [2.05, 4.69) is 4.40 Å². The van der Waals surface area contributed by atoms with Crippen molar-refractivity contribution in [2.45, 2.75) is 18.7 Å². The van der Waals surface area contributed by atoms with Crippen molar-refractivity contribution in [1.29, 1.82) is 0 Å². The monoisotopic (exact) mass is 364 g/mol. The molecule has 0 aliphatic carbocycles. The first-order valence-corrected chi connectivity index (χ1v) is 9.70. The van der Waals surface area contributed by atoms with Crippen molar-refractivity contribution in [2.24, 2.45) is 4.40 Å². The Balaban J connectivity index is 2.06. The van der Waals surface area contributed by atoms with Crippen LogP contribution in [-0.4, -0.2) is 14.3 Å². The molecule has 3 aromatic rings. The molecule has 132 valence electrons. The second-order valence-corrected chi connectivity index (χ2v) is 7.54. The summed E-state index contributed by atoms with van der Waals surface area (Å²) in [4.78, 5) is 2.01. The molecule has 0 aliphatic heterocycles. The first-order valence-electron chi connectivity index (χ1n) is 8.26. The minimum atomic E-state index is -3.79. The van der Waals surface area contributed by atoms with E-state index in [-0.39, 0.29) is 4.90 Å². The predicted octanol–water partition coefficient (Wildman–Crippen LogP) is 4.94.